The predicted molar refractivity (Wildman–Crippen MR) is 145 cm³/mol. The number of hydrogen-bond donors (Lipinski definition) is 1. The van der Waals surface area contributed by atoms with E-state index in [1.165, 1.54) is 23.4 Å². The van der Waals surface area contributed by atoms with Gasteiger partial charge in [-0.25, -0.2) is 4.79 Å². The fourth-order valence-electron chi connectivity index (χ4n) is 4.46. The van der Waals surface area contributed by atoms with Gasteiger partial charge in [0.25, 0.3) is 11.5 Å². The molecule has 1 N–H and O–H groups in total. The summed E-state index contributed by atoms with van der Waals surface area (Å²) in [6, 6.07) is 18.7. The fourth-order valence-corrected chi connectivity index (χ4v) is 4.46. The number of fused-ring (bicyclic) bond motifs is 1. The van der Waals surface area contributed by atoms with E-state index in [4.69, 9.17) is 4.42 Å². The summed E-state index contributed by atoms with van der Waals surface area (Å²) < 4.78 is 9.68. The van der Waals surface area contributed by atoms with E-state index in [1.54, 1.807) is 31.3 Å². The maximum Gasteiger partial charge on any atom is 0.330 e. The molecule has 0 fully saturated rings. The zero-order valence-corrected chi connectivity index (χ0v) is 21.4. The summed E-state index contributed by atoms with van der Waals surface area (Å²) in [5, 5.41) is 3.27. The van der Waals surface area contributed by atoms with E-state index in [0.29, 0.717) is 22.3 Å². The molecular weight excluding hydrogens is 468 g/mol. The SMILES string of the molecule is Cn1c(=O)c2c(-c3ccc(C(C)(C)C)cc3)n(-c3ccc(NC(=O)c4ccco4)cc3)cc2n(C)c1=O. The van der Waals surface area contributed by atoms with Crippen LogP contribution in [0.15, 0.2) is 87.1 Å². The van der Waals surface area contributed by atoms with Gasteiger partial charge in [-0.3, -0.25) is 18.7 Å². The van der Waals surface area contributed by atoms with Crippen molar-refractivity contribution in [2.24, 2.45) is 14.1 Å². The summed E-state index contributed by atoms with van der Waals surface area (Å²) >= 11 is 0. The highest BCUT2D eigenvalue weighted by atomic mass is 16.3. The van der Waals surface area contributed by atoms with Crippen LogP contribution >= 0.6 is 0 Å². The summed E-state index contributed by atoms with van der Waals surface area (Å²) in [6.07, 6.45) is 3.25. The highest BCUT2D eigenvalue weighted by molar-refractivity contribution is 6.02. The third-order valence-electron chi connectivity index (χ3n) is 6.61. The molecule has 37 heavy (non-hydrogen) atoms. The van der Waals surface area contributed by atoms with E-state index in [-0.39, 0.29) is 28.3 Å². The smallest absolute Gasteiger partial charge is 0.330 e. The van der Waals surface area contributed by atoms with Crippen molar-refractivity contribution in [3.8, 4) is 16.9 Å². The lowest BCUT2D eigenvalue weighted by Crippen LogP contribution is -2.36. The number of carbonyl (C=O) groups is 1. The summed E-state index contributed by atoms with van der Waals surface area (Å²) in [5.41, 5.74) is 3.88. The molecule has 0 spiro atoms. The first kappa shape index (κ1) is 24.1. The Labute approximate surface area is 213 Å². The molecule has 0 unspecified atom stereocenters. The van der Waals surface area contributed by atoms with Gasteiger partial charge in [0, 0.05) is 31.7 Å². The number of aromatic nitrogens is 3. The third kappa shape index (κ3) is 4.20. The van der Waals surface area contributed by atoms with Crippen molar-refractivity contribution in [1.82, 2.24) is 13.7 Å². The van der Waals surface area contributed by atoms with Crippen LogP contribution in [0.1, 0.15) is 36.9 Å². The van der Waals surface area contributed by atoms with E-state index in [9.17, 15) is 14.4 Å². The zero-order chi connectivity index (χ0) is 26.5. The van der Waals surface area contributed by atoms with Crippen LogP contribution in [0.4, 0.5) is 5.69 Å². The van der Waals surface area contributed by atoms with Gasteiger partial charge >= 0.3 is 5.69 Å². The van der Waals surface area contributed by atoms with Gasteiger partial charge in [0.1, 0.15) is 0 Å². The number of benzene rings is 2. The topological polar surface area (TPSA) is 91.2 Å². The lowest BCUT2D eigenvalue weighted by molar-refractivity contribution is 0.0996. The zero-order valence-electron chi connectivity index (χ0n) is 21.4. The molecule has 0 aliphatic heterocycles. The molecule has 0 aliphatic carbocycles. The number of amides is 1. The first-order valence-corrected chi connectivity index (χ1v) is 11.9. The van der Waals surface area contributed by atoms with Gasteiger partial charge in [0.05, 0.1) is 22.9 Å². The van der Waals surface area contributed by atoms with Crippen LogP contribution < -0.4 is 16.6 Å². The number of carbonyl (C=O) groups excluding carboxylic acids is 1. The molecule has 5 rings (SSSR count). The number of hydrogen-bond acceptors (Lipinski definition) is 4. The minimum Gasteiger partial charge on any atom is -0.459 e. The monoisotopic (exact) mass is 496 g/mol. The molecule has 0 bridgehead atoms. The van der Waals surface area contributed by atoms with Gasteiger partial charge in [-0.1, -0.05) is 45.0 Å². The molecule has 3 heterocycles. The Morgan fingerprint density at radius 1 is 0.892 bits per heavy atom. The second-order valence-electron chi connectivity index (χ2n) is 10.1. The summed E-state index contributed by atoms with van der Waals surface area (Å²) in [7, 11) is 3.15. The van der Waals surface area contributed by atoms with Crippen LogP contribution in [0.3, 0.4) is 0 Å². The Morgan fingerprint density at radius 2 is 1.57 bits per heavy atom. The van der Waals surface area contributed by atoms with Crippen molar-refractivity contribution >= 4 is 22.5 Å². The van der Waals surface area contributed by atoms with E-state index in [1.807, 2.05) is 35.0 Å². The van der Waals surface area contributed by atoms with Crippen LogP contribution in [0.5, 0.6) is 0 Å². The summed E-state index contributed by atoms with van der Waals surface area (Å²) in [6.45, 7) is 6.45. The molecule has 0 aliphatic rings. The molecule has 0 saturated heterocycles. The van der Waals surface area contributed by atoms with Crippen LogP contribution in [0.25, 0.3) is 27.8 Å². The van der Waals surface area contributed by atoms with Crippen LogP contribution in [-0.4, -0.2) is 19.6 Å². The van der Waals surface area contributed by atoms with Crippen molar-refractivity contribution in [3.63, 3.8) is 0 Å². The molecule has 3 aromatic heterocycles. The number of nitrogens with zero attached hydrogens (tertiary/aromatic N) is 3. The number of rotatable bonds is 4. The predicted octanol–water partition coefficient (Wildman–Crippen LogP) is 4.84. The maximum atomic E-state index is 13.3. The van der Waals surface area contributed by atoms with E-state index >= 15 is 0 Å². The van der Waals surface area contributed by atoms with Crippen molar-refractivity contribution in [2.45, 2.75) is 26.2 Å². The Hall–Kier alpha value is -4.59. The van der Waals surface area contributed by atoms with Crippen molar-refractivity contribution in [1.29, 1.82) is 0 Å². The van der Waals surface area contributed by atoms with Gasteiger partial charge in [-0.05, 0) is 52.9 Å². The molecular formula is C29H28N4O4. The molecule has 0 saturated carbocycles. The minimum absolute atomic E-state index is 0.0153. The van der Waals surface area contributed by atoms with Crippen LogP contribution in [0.2, 0.25) is 0 Å². The lowest BCUT2D eigenvalue weighted by atomic mass is 9.86. The molecule has 2 aromatic carbocycles. The third-order valence-corrected chi connectivity index (χ3v) is 6.61. The van der Waals surface area contributed by atoms with Crippen molar-refractivity contribution in [3.05, 3.63) is 105 Å². The van der Waals surface area contributed by atoms with Crippen LogP contribution in [-0.2, 0) is 19.5 Å². The second kappa shape index (κ2) is 8.81. The van der Waals surface area contributed by atoms with Gasteiger partial charge < -0.3 is 14.3 Å². The Balaban J connectivity index is 1.66. The van der Waals surface area contributed by atoms with E-state index < -0.39 is 0 Å². The molecule has 8 heteroatoms. The largest absolute Gasteiger partial charge is 0.459 e. The van der Waals surface area contributed by atoms with Crippen LogP contribution in [0, 0.1) is 0 Å². The van der Waals surface area contributed by atoms with Gasteiger partial charge in [-0.2, -0.15) is 0 Å². The lowest BCUT2D eigenvalue weighted by Gasteiger charge is -2.19. The molecule has 5 aromatic rings. The number of anilines is 1. The quantitative estimate of drug-likeness (QED) is 0.386. The summed E-state index contributed by atoms with van der Waals surface area (Å²) in [4.78, 5) is 38.3. The Bertz CT molecular complexity index is 1730. The number of nitrogens with one attached hydrogen (secondary N) is 1. The Kier molecular flexibility index (Phi) is 5.75. The highest BCUT2D eigenvalue weighted by Gasteiger charge is 2.21. The molecule has 188 valence electrons. The second-order valence-corrected chi connectivity index (χ2v) is 10.1. The van der Waals surface area contributed by atoms with Crippen molar-refractivity contribution in [2.75, 3.05) is 5.32 Å². The maximum absolute atomic E-state index is 13.3. The molecule has 0 atom stereocenters. The minimum atomic E-state index is -0.389. The first-order valence-electron chi connectivity index (χ1n) is 11.9. The van der Waals surface area contributed by atoms with E-state index in [2.05, 4.69) is 38.2 Å². The number of furan rings is 1. The van der Waals surface area contributed by atoms with E-state index in [0.717, 1.165) is 15.8 Å². The fraction of sp³-hybridized carbons (Fsp3) is 0.207. The number of aryl methyl sites for hydroxylation is 1. The standard InChI is InChI=1S/C29H28N4O4/c1-29(2,3)19-10-8-18(9-11-19)25-24-22(31(4)28(36)32(5)27(24)35)17-33(25)21-14-12-20(13-15-21)30-26(34)23-7-6-16-37-23/h6-17H,1-5H3,(H,30,34). The molecule has 0 radical (unpaired) electrons. The molecule has 1 amide bonds. The Morgan fingerprint density at radius 3 is 2.16 bits per heavy atom. The van der Waals surface area contributed by atoms with Gasteiger partial charge in [0.2, 0.25) is 0 Å². The highest BCUT2D eigenvalue weighted by Crippen LogP contribution is 2.33. The van der Waals surface area contributed by atoms with Gasteiger partial charge in [-0.15, -0.1) is 0 Å². The average Bonchev–Trinajstić information content (AvgIpc) is 3.55. The average molecular weight is 497 g/mol. The van der Waals surface area contributed by atoms with Crippen molar-refractivity contribution < 1.29 is 9.21 Å². The first-order chi connectivity index (χ1) is 17.6. The van der Waals surface area contributed by atoms with Gasteiger partial charge in [0.15, 0.2) is 5.76 Å². The molecule has 8 nitrogen and oxygen atoms in total. The summed E-state index contributed by atoms with van der Waals surface area (Å²) in [5.74, 6) is -0.124. The normalized spacial score (nSPS) is 11.7.